The van der Waals surface area contributed by atoms with Crippen LogP contribution < -0.4 is 14.8 Å². The number of hydrogen-bond donors (Lipinski definition) is 2. The maximum absolute atomic E-state index is 13.3. The van der Waals surface area contributed by atoms with Crippen molar-refractivity contribution in [2.75, 3.05) is 39.8 Å². The van der Waals surface area contributed by atoms with Gasteiger partial charge in [-0.2, -0.15) is 13.2 Å². The number of ether oxygens (including phenoxy) is 1. The minimum absolute atomic E-state index is 0. The van der Waals surface area contributed by atoms with E-state index < -0.39 is 28.8 Å². The molecule has 0 saturated carbocycles. The lowest BCUT2D eigenvalue weighted by Gasteiger charge is -2.35. The van der Waals surface area contributed by atoms with E-state index >= 15 is 0 Å². The van der Waals surface area contributed by atoms with E-state index in [4.69, 9.17) is 4.74 Å². The second-order valence-electron chi connectivity index (χ2n) is 5.83. The molecule has 26 heavy (non-hydrogen) atoms. The van der Waals surface area contributed by atoms with Gasteiger partial charge in [0.2, 0.25) is 10.0 Å². The largest absolute Gasteiger partial charge is 0.497 e. The maximum Gasteiger partial charge on any atom is 0.405 e. The first kappa shape index (κ1) is 23.0. The van der Waals surface area contributed by atoms with Crippen LogP contribution in [0.5, 0.6) is 5.75 Å². The summed E-state index contributed by atoms with van der Waals surface area (Å²) >= 11 is 0. The smallest absolute Gasteiger partial charge is 0.405 e. The summed E-state index contributed by atoms with van der Waals surface area (Å²) in [4.78, 5) is 1.19. The van der Waals surface area contributed by atoms with Crippen LogP contribution in [0.15, 0.2) is 23.1 Å². The van der Waals surface area contributed by atoms with E-state index in [1.807, 2.05) is 0 Å². The van der Waals surface area contributed by atoms with Crippen molar-refractivity contribution in [2.24, 2.45) is 0 Å². The number of rotatable bonds is 6. The quantitative estimate of drug-likeness (QED) is 0.734. The lowest BCUT2D eigenvalue weighted by atomic mass is 10.2. The van der Waals surface area contributed by atoms with Gasteiger partial charge in [0, 0.05) is 32.7 Å². The van der Waals surface area contributed by atoms with Gasteiger partial charge in [-0.3, -0.25) is 4.90 Å². The normalized spacial score (nSPS) is 17.4. The molecule has 0 aliphatic carbocycles. The Labute approximate surface area is 157 Å². The number of sulfonamides is 1. The van der Waals surface area contributed by atoms with Crippen LogP contribution in [-0.4, -0.2) is 65.4 Å². The van der Waals surface area contributed by atoms with E-state index in [1.54, 1.807) is 6.92 Å². The molecule has 1 aliphatic heterocycles. The van der Waals surface area contributed by atoms with Crippen molar-refractivity contribution in [1.82, 2.24) is 14.9 Å². The van der Waals surface area contributed by atoms with Crippen molar-refractivity contribution in [2.45, 2.75) is 24.0 Å². The molecular weight excluding hydrogens is 395 g/mol. The van der Waals surface area contributed by atoms with Crippen LogP contribution in [0.3, 0.4) is 0 Å². The molecule has 2 N–H and O–H groups in total. The molecule has 1 aromatic rings. The second-order valence-corrected chi connectivity index (χ2v) is 7.56. The van der Waals surface area contributed by atoms with Crippen molar-refractivity contribution in [3.63, 3.8) is 0 Å². The average Bonchev–Trinajstić information content (AvgIpc) is 2.54. The molecule has 11 heteroatoms. The zero-order valence-electron chi connectivity index (χ0n) is 14.5. The molecular formula is C15H23ClF3N3O3S. The topological polar surface area (TPSA) is 70.7 Å². The first-order chi connectivity index (χ1) is 11.6. The Kier molecular flexibility index (Phi) is 8.15. The van der Waals surface area contributed by atoms with Gasteiger partial charge in [-0.15, -0.1) is 12.4 Å². The van der Waals surface area contributed by atoms with Gasteiger partial charge in [0.1, 0.15) is 11.8 Å². The molecule has 1 heterocycles. The summed E-state index contributed by atoms with van der Waals surface area (Å²) in [7, 11) is -2.61. The van der Waals surface area contributed by atoms with Crippen molar-refractivity contribution < 1.29 is 26.3 Å². The summed E-state index contributed by atoms with van der Waals surface area (Å²) in [5, 5.41) is 2.98. The Bertz CT molecular complexity index is 695. The van der Waals surface area contributed by atoms with Crippen LogP contribution in [0, 0.1) is 6.92 Å². The Balaban J connectivity index is 0.00000338. The molecule has 0 spiro atoms. The Morgan fingerprint density at radius 3 is 2.42 bits per heavy atom. The highest BCUT2D eigenvalue weighted by atomic mass is 35.5. The van der Waals surface area contributed by atoms with E-state index in [2.05, 4.69) is 10.0 Å². The molecule has 0 aromatic heterocycles. The van der Waals surface area contributed by atoms with Gasteiger partial charge in [-0.25, -0.2) is 13.1 Å². The van der Waals surface area contributed by atoms with E-state index in [-0.39, 0.29) is 30.4 Å². The number of benzene rings is 1. The highest BCUT2D eigenvalue weighted by molar-refractivity contribution is 7.89. The fourth-order valence-electron chi connectivity index (χ4n) is 2.76. The predicted octanol–water partition coefficient (Wildman–Crippen LogP) is 1.54. The minimum Gasteiger partial charge on any atom is -0.497 e. The molecule has 0 radical (unpaired) electrons. The van der Waals surface area contributed by atoms with Crippen LogP contribution in [0.25, 0.3) is 0 Å². The molecule has 6 nitrogen and oxygen atoms in total. The molecule has 0 amide bonds. The Morgan fingerprint density at radius 1 is 1.31 bits per heavy atom. The van der Waals surface area contributed by atoms with Gasteiger partial charge >= 0.3 is 6.18 Å². The number of halogens is 4. The number of aryl methyl sites for hydroxylation is 1. The number of methoxy groups -OCH3 is 1. The van der Waals surface area contributed by atoms with Crippen molar-refractivity contribution in [3.05, 3.63) is 23.8 Å². The standard InChI is InChI=1S/C15H22F3N3O3S.ClH/c1-11-9-12(24-2)3-4-13(11)25(22,23)20-10-14(15(16,17)18)21-7-5-19-6-8-21;/h3-4,9,14,19-20H,5-8,10H2,1-2H3;1H. The Morgan fingerprint density at radius 2 is 1.92 bits per heavy atom. The third kappa shape index (κ3) is 5.71. The number of nitrogens with one attached hydrogen (secondary N) is 2. The van der Waals surface area contributed by atoms with E-state index in [1.165, 1.54) is 30.2 Å². The van der Waals surface area contributed by atoms with Crippen LogP contribution in [0.2, 0.25) is 0 Å². The molecule has 1 aliphatic rings. The van der Waals surface area contributed by atoms with Crippen molar-refractivity contribution in [1.29, 1.82) is 0 Å². The van der Waals surface area contributed by atoms with Gasteiger partial charge < -0.3 is 10.1 Å². The van der Waals surface area contributed by atoms with Gasteiger partial charge in [0.05, 0.1) is 12.0 Å². The van der Waals surface area contributed by atoms with Gasteiger partial charge in [0.15, 0.2) is 0 Å². The second kappa shape index (κ2) is 9.23. The molecule has 1 aromatic carbocycles. The monoisotopic (exact) mass is 417 g/mol. The molecule has 2 rings (SSSR count). The number of alkyl halides is 3. The first-order valence-corrected chi connectivity index (χ1v) is 9.29. The number of nitrogens with zero attached hydrogens (tertiary/aromatic N) is 1. The van der Waals surface area contributed by atoms with Crippen molar-refractivity contribution >= 4 is 22.4 Å². The summed E-state index contributed by atoms with van der Waals surface area (Å²) < 4.78 is 72.0. The highest BCUT2D eigenvalue weighted by Gasteiger charge is 2.44. The van der Waals surface area contributed by atoms with Crippen molar-refractivity contribution in [3.8, 4) is 5.75 Å². The van der Waals surface area contributed by atoms with Crippen LogP contribution >= 0.6 is 12.4 Å². The van der Waals surface area contributed by atoms with Crippen LogP contribution in [0.1, 0.15) is 5.56 Å². The molecule has 1 unspecified atom stereocenters. The SMILES string of the molecule is COc1ccc(S(=O)(=O)NCC(N2CCNCC2)C(F)(F)F)c(C)c1.Cl. The number of piperazine rings is 1. The molecule has 1 atom stereocenters. The highest BCUT2D eigenvalue weighted by Crippen LogP contribution is 2.26. The summed E-state index contributed by atoms with van der Waals surface area (Å²) in [6.45, 7) is 2.15. The van der Waals surface area contributed by atoms with Gasteiger partial charge in [0.25, 0.3) is 0 Å². The zero-order chi connectivity index (χ0) is 18.7. The van der Waals surface area contributed by atoms with Crippen LogP contribution in [-0.2, 0) is 10.0 Å². The zero-order valence-corrected chi connectivity index (χ0v) is 16.1. The minimum atomic E-state index is -4.52. The van der Waals surface area contributed by atoms with Crippen LogP contribution in [0.4, 0.5) is 13.2 Å². The molecule has 1 fully saturated rings. The first-order valence-electron chi connectivity index (χ1n) is 7.81. The van der Waals surface area contributed by atoms with E-state index in [0.717, 1.165) is 0 Å². The van der Waals surface area contributed by atoms with E-state index in [9.17, 15) is 21.6 Å². The summed E-state index contributed by atoms with van der Waals surface area (Å²) in [6.07, 6.45) is -4.52. The maximum atomic E-state index is 13.3. The lowest BCUT2D eigenvalue weighted by molar-refractivity contribution is -0.182. The fourth-order valence-corrected chi connectivity index (χ4v) is 4.03. The van der Waals surface area contributed by atoms with E-state index in [0.29, 0.717) is 24.4 Å². The summed E-state index contributed by atoms with van der Waals surface area (Å²) in [5.41, 5.74) is 0.401. The number of hydrogen-bond acceptors (Lipinski definition) is 5. The van der Waals surface area contributed by atoms with Gasteiger partial charge in [-0.05, 0) is 30.7 Å². The molecule has 1 saturated heterocycles. The fraction of sp³-hybridized carbons (Fsp3) is 0.600. The summed E-state index contributed by atoms with van der Waals surface area (Å²) in [5.74, 6) is 0.477. The third-order valence-corrected chi connectivity index (χ3v) is 5.69. The molecule has 150 valence electrons. The summed E-state index contributed by atoms with van der Waals surface area (Å²) in [6, 6.07) is 2.44. The molecule has 0 bridgehead atoms. The van der Waals surface area contributed by atoms with Gasteiger partial charge in [-0.1, -0.05) is 0 Å². The third-order valence-electron chi connectivity index (χ3n) is 4.11. The average molecular weight is 418 g/mol. The Hall–Kier alpha value is -1.07. The lowest BCUT2D eigenvalue weighted by Crippen LogP contribution is -2.57. The predicted molar refractivity (Wildman–Crippen MR) is 94.5 cm³/mol.